The summed E-state index contributed by atoms with van der Waals surface area (Å²) in [6.45, 7) is 3.54. The molecular weight excluding hydrogens is 585 g/mol. The van der Waals surface area contributed by atoms with Crippen molar-refractivity contribution in [3.63, 3.8) is 0 Å². The van der Waals surface area contributed by atoms with E-state index in [1.54, 1.807) is 10.9 Å². The number of carbonyl (C=O) groups excluding carboxylic acids is 1. The van der Waals surface area contributed by atoms with Gasteiger partial charge in [0.05, 0.1) is 98.4 Å². The number of halogens is 5. The second kappa shape index (κ2) is 20.9. The van der Waals surface area contributed by atoms with Crippen molar-refractivity contribution < 1.29 is 70.0 Å². The summed E-state index contributed by atoms with van der Waals surface area (Å²) < 4.78 is 104. The van der Waals surface area contributed by atoms with Crippen LogP contribution in [-0.2, 0) is 51.3 Å². The van der Waals surface area contributed by atoms with Crippen molar-refractivity contribution >= 4 is 5.97 Å². The predicted octanol–water partition coefficient (Wildman–Crippen LogP) is 2.06. The van der Waals surface area contributed by atoms with Crippen molar-refractivity contribution in [3.8, 4) is 5.75 Å². The second-order valence-electron chi connectivity index (χ2n) is 8.04. The number of aromatic nitrogens is 3. The number of ether oxygens (including phenoxy) is 7. The van der Waals surface area contributed by atoms with E-state index in [9.17, 15) is 26.7 Å². The van der Waals surface area contributed by atoms with E-state index in [1.165, 1.54) is 0 Å². The minimum atomic E-state index is -2.35. The highest BCUT2D eigenvalue weighted by Gasteiger charge is 2.28. The van der Waals surface area contributed by atoms with Crippen LogP contribution in [0.2, 0.25) is 0 Å². The van der Waals surface area contributed by atoms with Gasteiger partial charge in [-0.25, -0.2) is 22.7 Å². The molecule has 0 aliphatic heterocycles. The molecule has 238 valence electrons. The summed E-state index contributed by atoms with van der Waals surface area (Å²) in [7, 11) is 0. The summed E-state index contributed by atoms with van der Waals surface area (Å²) in [6.07, 6.45) is 1.25. The Morgan fingerprint density at radius 1 is 0.667 bits per heavy atom. The minimum Gasteiger partial charge on any atom is -0.420 e. The first-order valence-electron chi connectivity index (χ1n) is 12.7. The maximum Gasteiger partial charge on any atom is 0.313 e. The summed E-state index contributed by atoms with van der Waals surface area (Å²) in [5.74, 6) is -14.2. The molecule has 1 aromatic carbocycles. The van der Waals surface area contributed by atoms with Crippen molar-refractivity contribution in [1.29, 1.82) is 0 Å². The molecule has 0 spiro atoms. The number of carbonyl (C=O) groups is 1. The van der Waals surface area contributed by atoms with Crippen LogP contribution in [0.5, 0.6) is 5.75 Å². The Kier molecular flexibility index (Phi) is 17.6. The van der Waals surface area contributed by atoms with Crippen LogP contribution in [0.4, 0.5) is 22.0 Å². The van der Waals surface area contributed by atoms with E-state index in [2.05, 4.69) is 19.9 Å². The number of hydrogen-bond donors (Lipinski definition) is 1. The molecule has 0 aliphatic carbocycles. The fraction of sp³-hybridized carbons (Fsp3) is 0.625. The van der Waals surface area contributed by atoms with E-state index in [-0.39, 0.29) is 46.2 Å². The van der Waals surface area contributed by atoms with Gasteiger partial charge in [0.1, 0.15) is 12.3 Å². The molecule has 13 nitrogen and oxygen atoms in total. The zero-order valence-corrected chi connectivity index (χ0v) is 22.5. The first-order valence-corrected chi connectivity index (χ1v) is 12.7. The fourth-order valence-electron chi connectivity index (χ4n) is 2.92. The highest BCUT2D eigenvalue weighted by Crippen LogP contribution is 2.29. The van der Waals surface area contributed by atoms with Gasteiger partial charge < -0.3 is 33.2 Å². The van der Waals surface area contributed by atoms with Crippen LogP contribution in [0, 0.1) is 29.1 Å². The van der Waals surface area contributed by atoms with Crippen molar-refractivity contribution in [1.82, 2.24) is 15.0 Å². The molecule has 1 N–H and O–H groups in total. The van der Waals surface area contributed by atoms with Gasteiger partial charge in [-0.2, -0.15) is 8.78 Å². The van der Waals surface area contributed by atoms with Gasteiger partial charge in [-0.1, -0.05) is 5.21 Å². The Bertz CT molecular complexity index is 1040. The molecule has 0 saturated carbocycles. The van der Waals surface area contributed by atoms with Gasteiger partial charge in [-0.05, 0) is 0 Å². The van der Waals surface area contributed by atoms with Crippen LogP contribution in [0.15, 0.2) is 6.20 Å². The van der Waals surface area contributed by atoms with E-state index in [0.29, 0.717) is 51.9 Å². The number of nitrogens with zero attached hydrogens (tertiary/aromatic N) is 3. The molecule has 0 fully saturated rings. The van der Waals surface area contributed by atoms with Crippen LogP contribution in [-0.4, -0.2) is 106 Å². The molecule has 0 saturated heterocycles. The normalized spacial score (nSPS) is 11.4. The molecule has 1 aromatic heterocycles. The Balaban J connectivity index is 1.38. The molecule has 0 atom stereocenters. The summed E-state index contributed by atoms with van der Waals surface area (Å²) in [5.41, 5.74) is 0.663. The van der Waals surface area contributed by atoms with Crippen molar-refractivity contribution in [2.75, 3.05) is 79.3 Å². The summed E-state index contributed by atoms with van der Waals surface area (Å²) in [6, 6.07) is 0. The number of rotatable bonds is 24. The van der Waals surface area contributed by atoms with Gasteiger partial charge in [0.25, 0.3) is 0 Å². The zero-order chi connectivity index (χ0) is 30.6. The minimum absolute atomic E-state index is 0.0741. The molecule has 0 unspecified atom stereocenters. The molecule has 0 aliphatic rings. The maximum absolute atomic E-state index is 13.5. The Hall–Kier alpha value is -2.84. The average Bonchev–Trinajstić information content (AvgIpc) is 3.44. The predicted molar refractivity (Wildman–Crippen MR) is 129 cm³/mol. The number of esters is 1. The van der Waals surface area contributed by atoms with E-state index < -0.39 is 47.2 Å². The standard InChI is InChI=1S/C24H32F5N3O10/c25-19-20(26)22(28)24(23(29)21(19)27)42-18(33)1-3-35-5-7-37-9-10-38-8-6-36-4-2-32-15-17(30-31-32)16-40-12-11-39-13-14-41-34/h15,34H,1-14,16H2. The zero-order valence-electron chi connectivity index (χ0n) is 22.5. The quantitative estimate of drug-likeness (QED) is 0.0269. The molecule has 0 radical (unpaired) electrons. The summed E-state index contributed by atoms with van der Waals surface area (Å²) in [4.78, 5) is 15.5. The van der Waals surface area contributed by atoms with Crippen LogP contribution in [0.25, 0.3) is 0 Å². The number of benzene rings is 1. The Morgan fingerprint density at radius 2 is 1.14 bits per heavy atom. The van der Waals surface area contributed by atoms with Gasteiger partial charge in [0, 0.05) is 0 Å². The molecule has 0 amide bonds. The fourth-order valence-corrected chi connectivity index (χ4v) is 2.92. The highest BCUT2D eigenvalue weighted by atomic mass is 19.2. The van der Waals surface area contributed by atoms with Gasteiger partial charge in [0.15, 0.2) is 0 Å². The molecule has 42 heavy (non-hydrogen) atoms. The largest absolute Gasteiger partial charge is 0.420 e. The summed E-state index contributed by atoms with van der Waals surface area (Å²) >= 11 is 0. The number of hydrogen-bond acceptors (Lipinski definition) is 12. The molecule has 1 heterocycles. The van der Waals surface area contributed by atoms with Crippen molar-refractivity contribution in [3.05, 3.63) is 41.0 Å². The molecule has 18 heteroatoms. The summed E-state index contributed by atoms with van der Waals surface area (Å²) in [5, 5.41) is 16.1. The topological polar surface area (TPSA) is 142 Å². The van der Waals surface area contributed by atoms with E-state index in [0.717, 1.165) is 0 Å². The Labute approximate surface area is 237 Å². The lowest BCUT2D eigenvalue weighted by atomic mass is 10.2. The lowest BCUT2D eigenvalue weighted by Crippen LogP contribution is -2.16. The van der Waals surface area contributed by atoms with Crippen molar-refractivity contribution in [2.45, 2.75) is 19.6 Å². The third-order valence-electron chi connectivity index (χ3n) is 4.94. The third-order valence-corrected chi connectivity index (χ3v) is 4.94. The molecular formula is C24H32F5N3O10. The van der Waals surface area contributed by atoms with Gasteiger partial charge in [0.2, 0.25) is 34.8 Å². The first-order chi connectivity index (χ1) is 20.3. The second-order valence-corrected chi connectivity index (χ2v) is 8.04. The van der Waals surface area contributed by atoms with Gasteiger partial charge in [-0.15, -0.1) is 5.10 Å². The Morgan fingerprint density at radius 3 is 1.71 bits per heavy atom. The average molecular weight is 618 g/mol. The SMILES string of the molecule is O=C(CCOCCOCCOCCOCCn1cc(COCCOCCOO)nn1)Oc1c(F)c(F)c(F)c(F)c1F. The van der Waals surface area contributed by atoms with Crippen molar-refractivity contribution in [2.24, 2.45) is 0 Å². The van der Waals surface area contributed by atoms with Gasteiger partial charge >= 0.3 is 5.97 Å². The third kappa shape index (κ3) is 13.4. The maximum atomic E-state index is 13.5. The molecule has 2 rings (SSSR count). The monoisotopic (exact) mass is 617 g/mol. The first kappa shape index (κ1) is 35.4. The van der Waals surface area contributed by atoms with E-state index >= 15 is 0 Å². The van der Waals surface area contributed by atoms with Crippen LogP contribution in [0.3, 0.4) is 0 Å². The van der Waals surface area contributed by atoms with Gasteiger partial charge in [-0.3, -0.25) is 10.1 Å². The van der Waals surface area contributed by atoms with Crippen LogP contribution in [0.1, 0.15) is 12.1 Å². The molecule has 0 bridgehead atoms. The van der Waals surface area contributed by atoms with Crippen LogP contribution >= 0.6 is 0 Å². The van der Waals surface area contributed by atoms with E-state index in [4.69, 9.17) is 33.7 Å². The lowest BCUT2D eigenvalue weighted by Gasteiger charge is -2.09. The lowest BCUT2D eigenvalue weighted by molar-refractivity contribution is -0.249. The van der Waals surface area contributed by atoms with Crippen LogP contribution < -0.4 is 4.74 Å². The van der Waals surface area contributed by atoms with E-state index in [1.807, 2.05) is 0 Å². The molecule has 2 aromatic rings. The highest BCUT2D eigenvalue weighted by molar-refractivity contribution is 5.72. The smallest absolute Gasteiger partial charge is 0.313 e.